The molecule has 0 amide bonds. The number of carboxylic acid groups (broad SMARTS) is 4. The van der Waals surface area contributed by atoms with Gasteiger partial charge in [0.15, 0.2) is 0 Å². The van der Waals surface area contributed by atoms with Crippen molar-refractivity contribution >= 4 is 41.4 Å². The van der Waals surface area contributed by atoms with E-state index in [1.54, 1.807) is 0 Å². The molecule has 2 aliphatic heterocycles. The fraction of sp³-hybridized carbons (Fsp3) is 0.387. The fourth-order valence-electron chi connectivity index (χ4n) is 5.39. The van der Waals surface area contributed by atoms with Gasteiger partial charge in [-0.2, -0.15) is 10.1 Å². The molecule has 3 aliphatic rings. The molecule has 0 radical (unpaired) electrons. The molecule has 2 aromatic carbocycles. The third-order valence-corrected chi connectivity index (χ3v) is 7.76. The smallest absolute Gasteiger partial charge is 0.489 e. The van der Waals surface area contributed by atoms with Crippen LogP contribution >= 0.6 is 11.6 Å². The number of hydrogen-bond acceptors (Lipinski definition) is 12. The lowest BCUT2D eigenvalue weighted by molar-refractivity contribution is 0.135. The first-order chi connectivity index (χ1) is 23.1. The highest BCUT2D eigenvalue weighted by Gasteiger charge is 2.27. The summed E-state index contributed by atoms with van der Waals surface area (Å²) in [5.41, 5.74) is 12.7. The topological polar surface area (TPSA) is 229 Å². The van der Waals surface area contributed by atoms with Gasteiger partial charge in [-0.05, 0) is 65.9 Å². The van der Waals surface area contributed by atoms with Crippen molar-refractivity contribution in [3.63, 3.8) is 0 Å². The van der Waals surface area contributed by atoms with E-state index in [0.717, 1.165) is 91.1 Å². The maximum atomic E-state index is 8.56. The highest BCUT2D eigenvalue weighted by atomic mass is 35.5. The van der Waals surface area contributed by atoms with Gasteiger partial charge in [-0.1, -0.05) is 23.7 Å². The quantitative estimate of drug-likeness (QED) is 0.180. The van der Waals surface area contributed by atoms with E-state index in [1.807, 2.05) is 30.3 Å². The van der Waals surface area contributed by atoms with E-state index in [2.05, 4.69) is 42.4 Å². The Kier molecular flexibility index (Phi) is 13.2. The number of benzene rings is 2. The molecule has 1 saturated heterocycles. The maximum Gasteiger partial charge on any atom is 0.503 e. The zero-order valence-electron chi connectivity index (χ0n) is 26.0. The number of nitrogens with two attached hydrogens (primary N) is 1. The van der Waals surface area contributed by atoms with Crippen LogP contribution in [0.5, 0.6) is 5.75 Å². The monoisotopic (exact) mass is 684 g/mol. The molecule has 16 nitrogen and oxygen atoms in total. The van der Waals surface area contributed by atoms with Crippen LogP contribution in [0.25, 0.3) is 11.3 Å². The van der Waals surface area contributed by atoms with Crippen molar-refractivity contribution in [1.82, 2.24) is 14.9 Å². The molecule has 256 valence electrons. The van der Waals surface area contributed by atoms with Crippen LogP contribution in [0.3, 0.4) is 0 Å². The number of nitrogen functional groups attached to an aromatic ring is 1. The molecule has 0 atom stereocenters. The molecular formula is C31H37ClN8O8. The highest BCUT2D eigenvalue weighted by molar-refractivity contribution is 6.30. The summed E-state index contributed by atoms with van der Waals surface area (Å²) in [7, 11) is 0. The van der Waals surface area contributed by atoms with Crippen LogP contribution in [0.2, 0.25) is 5.02 Å². The molecule has 3 heterocycles. The van der Waals surface area contributed by atoms with Crippen LogP contribution in [-0.2, 0) is 24.2 Å². The number of carbonyl (C=O) groups is 2. The Morgan fingerprint density at radius 1 is 0.917 bits per heavy atom. The predicted molar refractivity (Wildman–Crippen MR) is 178 cm³/mol. The fourth-order valence-corrected chi connectivity index (χ4v) is 5.51. The van der Waals surface area contributed by atoms with Gasteiger partial charge in [0.1, 0.15) is 24.7 Å². The standard InChI is InChI=1S/C29H33ClN8O2.2CH2O3/c30-22-5-2-20(3-6-22)18-40-24-7-9-25-21(16-24)4-8-26-27(25)33-29(31)34-28(26)38-13-11-37(12-14-38)10-1-15-39-19-23-17-32-36-35-23;2*2-1(3)4/h2-3,5-7,9,16H,1,4,8,10-15,17-19H2,(H2,31,33,34);2*(H2,2,3,4). The number of piperazine rings is 1. The number of fused-ring (bicyclic) bond motifs is 3. The molecule has 1 aromatic heterocycles. The minimum Gasteiger partial charge on any atom is -0.489 e. The molecule has 1 aliphatic carbocycles. The van der Waals surface area contributed by atoms with Crippen LogP contribution in [0.4, 0.5) is 21.4 Å². The van der Waals surface area contributed by atoms with Crippen molar-refractivity contribution in [3.8, 4) is 17.0 Å². The van der Waals surface area contributed by atoms with Gasteiger partial charge in [0.2, 0.25) is 5.95 Å². The number of halogens is 1. The lowest BCUT2D eigenvalue weighted by atomic mass is 9.88. The second-order valence-electron chi connectivity index (χ2n) is 10.8. The van der Waals surface area contributed by atoms with Gasteiger partial charge >= 0.3 is 12.3 Å². The van der Waals surface area contributed by atoms with Gasteiger partial charge in [-0.15, -0.1) is 5.10 Å². The predicted octanol–water partition coefficient (Wildman–Crippen LogP) is 4.85. The molecule has 1 fully saturated rings. The molecule has 48 heavy (non-hydrogen) atoms. The van der Waals surface area contributed by atoms with Gasteiger partial charge in [-0.3, -0.25) is 4.90 Å². The minimum atomic E-state index is -1.83. The van der Waals surface area contributed by atoms with Crippen LogP contribution in [0.15, 0.2) is 57.9 Å². The largest absolute Gasteiger partial charge is 0.503 e. The molecule has 3 aromatic rings. The average Bonchev–Trinajstić information content (AvgIpc) is 3.57. The summed E-state index contributed by atoms with van der Waals surface area (Å²) < 4.78 is 11.8. The Labute approximate surface area is 281 Å². The molecule has 6 rings (SSSR count). The van der Waals surface area contributed by atoms with Crippen LogP contribution in [0, 0.1) is 0 Å². The van der Waals surface area contributed by atoms with Crippen molar-refractivity contribution in [1.29, 1.82) is 0 Å². The second kappa shape index (κ2) is 17.7. The SMILES string of the molecule is Nc1nc2c(c(N3CCN(CCCOCC4=NN=NC4)CC3)n1)CCc1cc(OCc3ccc(Cl)cc3)ccc1-2.O=C(O)O.O=C(O)O. The molecule has 0 spiro atoms. The summed E-state index contributed by atoms with van der Waals surface area (Å²) in [6, 6.07) is 14.0. The van der Waals surface area contributed by atoms with Crippen LogP contribution in [0.1, 0.15) is 23.1 Å². The minimum absolute atomic E-state index is 0.316. The van der Waals surface area contributed by atoms with E-state index in [1.165, 1.54) is 11.1 Å². The van der Waals surface area contributed by atoms with Gasteiger partial charge in [-0.25, -0.2) is 14.6 Å². The van der Waals surface area contributed by atoms with Crippen molar-refractivity contribution < 1.29 is 39.5 Å². The molecule has 0 saturated carbocycles. The number of rotatable bonds is 10. The van der Waals surface area contributed by atoms with E-state index in [9.17, 15) is 0 Å². The average molecular weight is 685 g/mol. The van der Waals surface area contributed by atoms with E-state index < -0.39 is 12.3 Å². The van der Waals surface area contributed by atoms with E-state index in [4.69, 9.17) is 61.8 Å². The third-order valence-electron chi connectivity index (χ3n) is 7.50. The van der Waals surface area contributed by atoms with E-state index in [0.29, 0.717) is 32.3 Å². The zero-order chi connectivity index (χ0) is 34.5. The molecule has 17 heteroatoms. The lowest BCUT2D eigenvalue weighted by Crippen LogP contribution is -2.47. The van der Waals surface area contributed by atoms with Crippen LogP contribution < -0.4 is 15.4 Å². The molecule has 6 N–H and O–H groups in total. The maximum absolute atomic E-state index is 8.56. The Bertz CT molecular complexity index is 1590. The van der Waals surface area contributed by atoms with Gasteiger partial charge in [0.25, 0.3) is 0 Å². The lowest BCUT2D eigenvalue weighted by Gasteiger charge is -2.37. The van der Waals surface area contributed by atoms with E-state index in [-0.39, 0.29) is 0 Å². The number of ether oxygens (including phenoxy) is 2. The van der Waals surface area contributed by atoms with Gasteiger partial charge in [0.05, 0.1) is 18.0 Å². The van der Waals surface area contributed by atoms with Gasteiger partial charge < -0.3 is 40.5 Å². The normalized spacial score (nSPS) is 14.8. The number of hydrogen-bond donors (Lipinski definition) is 5. The summed E-state index contributed by atoms with van der Waals surface area (Å²) in [6.07, 6.45) is -0.892. The van der Waals surface area contributed by atoms with Crippen molar-refractivity contribution in [2.24, 2.45) is 15.4 Å². The van der Waals surface area contributed by atoms with Crippen molar-refractivity contribution in [3.05, 3.63) is 64.2 Å². The summed E-state index contributed by atoms with van der Waals surface area (Å²) >= 11 is 6.00. The summed E-state index contributed by atoms with van der Waals surface area (Å²) in [4.78, 5) is 31.4. The highest BCUT2D eigenvalue weighted by Crippen LogP contribution is 2.38. The summed E-state index contributed by atoms with van der Waals surface area (Å²) in [5, 5.41) is 40.0. The third kappa shape index (κ3) is 11.0. The molecule has 0 bridgehead atoms. The van der Waals surface area contributed by atoms with Crippen LogP contribution in [-0.4, -0.2) is 106 Å². The molecule has 0 unspecified atom stereocenters. The zero-order valence-corrected chi connectivity index (χ0v) is 26.8. The summed E-state index contributed by atoms with van der Waals surface area (Å²) in [6.45, 7) is 7.07. The van der Waals surface area contributed by atoms with Crippen molar-refractivity contribution in [2.75, 3.05) is 63.1 Å². The Balaban J connectivity index is 0.000000588. The first-order valence-corrected chi connectivity index (χ1v) is 15.4. The number of aryl methyl sites for hydroxylation is 1. The first kappa shape index (κ1) is 35.8. The Hall–Kier alpha value is -5.06. The number of nitrogens with zero attached hydrogens (tertiary/aromatic N) is 7. The number of aromatic nitrogens is 2. The summed E-state index contributed by atoms with van der Waals surface area (Å²) in [5.74, 6) is 2.14. The Morgan fingerprint density at radius 2 is 1.62 bits per heavy atom. The van der Waals surface area contributed by atoms with Gasteiger partial charge in [0, 0.05) is 55.5 Å². The van der Waals surface area contributed by atoms with Crippen molar-refractivity contribution in [2.45, 2.75) is 25.9 Å². The number of anilines is 2. The second-order valence-corrected chi connectivity index (χ2v) is 11.3. The molecular weight excluding hydrogens is 648 g/mol. The Morgan fingerprint density at radius 3 is 2.29 bits per heavy atom. The van der Waals surface area contributed by atoms with E-state index >= 15 is 0 Å². The first-order valence-electron chi connectivity index (χ1n) is 15.1.